The van der Waals surface area contributed by atoms with E-state index in [1.165, 1.54) is 56.3 Å². The molecule has 1 N–H and O–H groups in total. The van der Waals surface area contributed by atoms with E-state index in [0.29, 0.717) is 12.0 Å². The molecule has 1 heterocycles. The van der Waals surface area contributed by atoms with Crippen molar-refractivity contribution in [3.63, 3.8) is 0 Å². The normalized spacial score (nSPS) is 28.3. The molecule has 0 spiro atoms. The lowest BCUT2D eigenvalue weighted by molar-refractivity contribution is 0.583. The number of rotatable bonds is 2. The second kappa shape index (κ2) is 8.43. The summed E-state index contributed by atoms with van der Waals surface area (Å²) in [5, 5.41) is 3.57. The van der Waals surface area contributed by atoms with Crippen molar-refractivity contribution in [2.24, 2.45) is 4.99 Å². The minimum atomic E-state index is 0. The molecular formula is C18H27ClN2. The zero-order chi connectivity index (χ0) is 13.6. The summed E-state index contributed by atoms with van der Waals surface area (Å²) >= 11 is 0. The minimum absolute atomic E-state index is 0. The lowest BCUT2D eigenvalue weighted by Crippen LogP contribution is -2.28. The molecule has 3 heteroatoms. The topological polar surface area (TPSA) is 24.4 Å². The number of amidine groups is 1. The van der Waals surface area contributed by atoms with Crippen LogP contribution in [-0.4, -0.2) is 18.4 Å². The Bertz CT molecular complexity index is 434. The second-order valence-electron chi connectivity index (χ2n) is 6.18. The fourth-order valence-electron chi connectivity index (χ4n) is 3.59. The molecule has 0 aromatic heterocycles. The van der Waals surface area contributed by atoms with E-state index >= 15 is 0 Å². The van der Waals surface area contributed by atoms with Gasteiger partial charge in [-0.3, -0.25) is 4.99 Å². The van der Waals surface area contributed by atoms with Gasteiger partial charge in [0.15, 0.2) is 0 Å². The molecule has 1 aromatic carbocycles. The third-order valence-corrected chi connectivity index (χ3v) is 4.70. The van der Waals surface area contributed by atoms with E-state index < -0.39 is 0 Å². The Morgan fingerprint density at radius 2 is 1.71 bits per heavy atom. The van der Waals surface area contributed by atoms with Crippen molar-refractivity contribution < 1.29 is 0 Å². The number of nitrogens with one attached hydrogen (secondary N) is 1. The maximum Gasteiger partial charge on any atom is 0.0966 e. The van der Waals surface area contributed by atoms with Crippen LogP contribution in [0.25, 0.3) is 0 Å². The fourth-order valence-corrected chi connectivity index (χ4v) is 3.59. The van der Waals surface area contributed by atoms with Gasteiger partial charge in [0.05, 0.1) is 11.9 Å². The first-order chi connectivity index (χ1) is 9.93. The highest BCUT2D eigenvalue weighted by Crippen LogP contribution is 2.36. The highest BCUT2D eigenvalue weighted by Gasteiger charge is 2.28. The molecule has 1 saturated carbocycles. The molecule has 116 valence electrons. The van der Waals surface area contributed by atoms with E-state index in [2.05, 4.69) is 35.6 Å². The highest BCUT2D eigenvalue weighted by atomic mass is 35.5. The van der Waals surface area contributed by atoms with Crippen molar-refractivity contribution in [1.29, 1.82) is 0 Å². The van der Waals surface area contributed by atoms with Crippen LogP contribution in [0, 0.1) is 0 Å². The van der Waals surface area contributed by atoms with Crippen molar-refractivity contribution in [3.8, 4) is 0 Å². The number of benzene rings is 1. The molecule has 2 aliphatic rings. The van der Waals surface area contributed by atoms with Gasteiger partial charge in [0.1, 0.15) is 0 Å². The van der Waals surface area contributed by atoms with E-state index in [9.17, 15) is 0 Å². The largest absolute Gasteiger partial charge is 0.374 e. The predicted molar refractivity (Wildman–Crippen MR) is 92.6 cm³/mol. The molecule has 1 aromatic rings. The molecule has 2 nitrogen and oxygen atoms in total. The first kappa shape index (κ1) is 16.4. The van der Waals surface area contributed by atoms with Crippen LogP contribution in [0.1, 0.15) is 62.8 Å². The number of hydrogen-bond donors (Lipinski definition) is 1. The van der Waals surface area contributed by atoms with Gasteiger partial charge >= 0.3 is 0 Å². The van der Waals surface area contributed by atoms with Gasteiger partial charge in [0.2, 0.25) is 0 Å². The van der Waals surface area contributed by atoms with Gasteiger partial charge in [-0.2, -0.15) is 0 Å². The Labute approximate surface area is 134 Å². The standard InChI is InChI=1S/C18H26N2.ClH/c1-2-7-14-19-18(13-6-1)20-17-12-8-11-16(17)15-9-4-3-5-10-15;/h3-5,9-10,16-17H,1-2,6-8,11-14H2,(H,19,20);1H/t16-,17-;/m1./s1. The van der Waals surface area contributed by atoms with E-state index in [1.54, 1.807) is 0 Å². The van der Waals surface area contributed by atoms with Crippen LogP contribution in [-0.2, 0) is 0 Å². The fraction of sp³-hybridized carbons (Fsp3) is 0.611. The molecule has 2 fully saturated rings. The van der Waals surface area contributed by atoms with Crippen LogP contribution in [0.2, 0.25) is 0 Å². The second-order valence-corrected chi connectivity index (χ2v) is 6.18. The van der Waals surface area contributed by atoms with Gasteiger partial charge in [-0.05, 0) is 31.2 Å². The molecule has 0 unspecified atom stereocenters. The van der Waals surface area contributed by atoms with Crippen LogP contribution >= 0.6 is 12.4 Å². The lowest BCUT2D eigenvalue weighted by Gasteiger charge is -2.20. The summed E-state index contributed by atoms with van der Waals surface area (Å²) in [6.45, 7) is 1.11. The molecule has 0 bridgehead atoms. The van der Waals surface area contributed by atoms with E-state index in [0.717, 1.165) is 13.0 Å². The number of halogens is 1. The summed E-state index contributed by atoms with van der Waals surface area (Å²) in [7, 11) is 0. The third kappa shape index (κ3) is 4.47. The summed E-state index contributed by atoms with van der Waals surface area (Å²) < 4.78 is 0. The smallest absolute Gasteiger partial charge is 0.0966 e. The minimum Gasteiger partial charge on any atom is -0.374 e. The Balaban J connectivity index is 0.00000161. The maximum atomic E-state index is 5.10. The Morgan fingerprint density at radius 3 is 2.57 bits per heavy atom. The Morgan fingerprint density at radius 1 is 0.905 bits per heavy atom. The Kier molecular flexibility index (Phi) is 6.56. The van der Waals surface area contributed by atoms with Crippen molar-refractivity contribution >= 4 is 18.2 Å². The van der Waals surface area contributed by atoms with Gasteiger partial charge in [-0.15, -0.1) is 12.4 Å². The third-order valence-electron chi connectivity index (χ3n) is 4.70. The van der Waals surface area contributed by atoms with Crippen LogP contribution in [0.5, 0.6) is 0 Å². The SMILES string of the molecule is Cl.c1ccc([C@H]2CCC[C@H]2N=C2CCCCCCN2)cc1. The molecular weight excluding hydrogens is 280 g/mol. The average Bonchev–Trinajstić information content (AvgIpc) is 2.91. The molecule has 0 radical (unpaired) electrons. The van der Waals surface area contributed by atoms with Gasteiger partial charge in [-0.1, -0.05) is 49.6 Å². The molecule has 1 aliphatic carbocycles. The first-order valence-corrected chi connectivity index (χ1v) is 8.29. The molecule has 2 atom stereocenters. The summed E-state index contributed by atoms with van der Waals surface area (Å²) in [5.74, 6) is 1.91. The van der Waals surface area contributed by atoms with E-state index in [-0.39, 0.29) is 12.4 Å². The molecule has 0 amide bonds. The summed E-state index contributed by atoms with van der Waals surface area (Å²) in [6, 6.07) is 11.5. The maximum absolute atomic E-state index is 5.10. The van der Waals surface area contributed by atoms with Crippen molar-refractivity contribution in [1.82, 2.24) is 5.32 Å². The number of hydrogen-bond acceptors (Lipinski definition) is 1. The number of nitrogens with zero attached hydrogens (tertiary/aromatic N) is 1. The zero-order valence-corrected chi connectivity index (χ0v) is 13.6. The van der Waals surface area contributed by atoms with E-state index in [4.69, 9.17) is 4.99 Å². The lowest BCUT2D eigenvalue weighted by atomic mass is 9.94. The van der Waals surface area contributed by atoms with Crippen LogP contribution in [0.15, 0.2) is 35.3 Å². The molecule has 21 heavy (non-hydrogen) atoms. The monoisotopic (exact) mass is 306 g/mol. The van der Waals surface area contributed by atoms with Gasteiger partial charge in [0.25, 0.3) is 0 Å². The van der Waals surface area contributed by atoms with Crippen LogP contribution in [0.4, 0.5) is 0 Å². The summed E-state index contributed by atoms with van der Waals surface area (Å²) in [6.07, 6.45) is 10.4. The highest BCUT2D eigenvalue weighted by molar-refractivity contribution is 5.85. The van der Waals surface area contributed by atoms with Gasteiger partial charge in [-0.25, -0.2) is 0 Å². The zero-order valence-electron chi connectivity index (χ0n) is 12.8. The van der Waals surface area contributed by atoms with E-state index in [1.807, 2.05) is 0 Å². The average molecular weight is 307 g/mol. The van der Waals surface area contributed by atoms with Crippen molar-refractivity contribution in [3.05, 3.63) is 35.9 Å². The molecule has 1 aliphatic heterocycles. The Hall–Kier alpha value is -1.02. The first-order valence-electron chi connectivity index (χ1n) is 8.29. The quantitative estimate of drug-likeness (QED) is 0.841. The van der Waals surface area contributed by atoms with Crippen LogP contribution in [0.3, 0.4) is 0 Å². The van der Waals surface area contributed by atoms with Crippen LogP contribution < -0.4 is 5.32 Å². The molecule has 1 saturated heterocycles. The summed E-state index contributed by atoms with van der Waals surface area (Å²) in [5.41, 5.74) is 1.48. The summed E-state index contributed by atoms with van der Waals surface area (Å²) in [4.78, 5) is 5.10. The molecule has 3 rings (SSSR count). The predicted octanol–water partition coefficient (Wildman–Crippen LogP) is 4.70. The van der Waals surface area contributed by atoms with Gasteiger partial charge < -0.3 is 5.32 Å². The van der Waals surface area contributed by atoms with Crippen molar-refractivity contribution in [2.45, 2.75) is 63.3 Å². The van der Waals surface area contributed by atoms with Crippen molar-refractivity contribution in [2.75, 3.05) is 6.54 Å². The number of aliphatic imine (C=N–C) groups is 1. The van der Waals surface area contributed by atoms with Gasteiger partial charge in [0, 0.05) is 18.9 Å².